The number of nitrogens with zero attached hydrogens (tertiary/aromatic N) is 5. The second-order valence-electron chi connectivity index (χ2n) is 7.99. The van der Waals surface area contributed by atoms with Crippen molar-refractivity contribution in [1.82, 2.24) is 25.1 Å². The molecule has 0 spiro atoms. The minimum atomic E-state index is -0.102. The van der Waals surface area contributed by atoms with E-state index < -0.39 is 0 Å². The molecule has 8 nitrogen and oxygen atoms in total. The largest absolute Gasteiger partial charge is 0.507 e. The van der Waals surface area contributed by atoms with Gasteiger partial charge in [-0.15, -0.1) is 10.2 Å². The Hall–Kier alpha value is -3.26. The molecule has 2 N–H and O–H groups in total. The van der Waals surface area contributed by atoms with E-state index in [0.717, 1.165) is 30.6 Å². The molecule has 1 aliphatic rings. The minimum Gasteiger partial charge on any atom is -0.507 e. The Morgan fingerprint density at radius 1 is 1.17 bits per heavy atom. The molecule has 1 atom stereocenters. The molecule has 0 bridgehead atoms. The van der Waals surface area contributed by atoms with Crippen molar-refractivity contribution in [2.75, 3.05) is 18.0 Å². The van der Waals surface area contributed by atoms with Gasteiger partial charge in [0, 0.05) is 50.0 Å². The molecule has 0 radical (unpaired) electrons. The van der Waals surface area contributed by atoms with Crippen molar-refractivity contribution >= 4 is 5.95 Å². The van der Waals surface area contributed by atoms with E-state index in [-0.39, 0.29) is 11.3 Å². The van der Waals surface area contributed by atoms with Gasteiger partial charge in [0.2, 0.25) is 5.95 Å². The number of rotatable bonds is 5. The predicted molar refractivity (Wildman–Crippen MR) is 116 cm³/mol. The molecule has 3 aromatic rings. The van der Waals surface area contributed by atoms with Crippen molar-refractivity contribution in [3.05, 3.63) is 53.1 Å². The van der Waals surface area contributed by atoms with Gasteiger partial charge in [-0.2, -0.15) is 0 Å². The molecule has 0 aliphatic carbocycles. The average Bonchev–Trinajstić information content (AvgIpc) is 3.18. The summed E-state index contributed by atoms with van der Waals surface area (Å²) in [5.74, 6) is 0.669. The van der Waals surface area contributed by atoms with Gasteiger partial charge in [-0.05, 0) is 35.7 Å². The summed E-state index contributed by atoms with van der Waals surface area (Å²) in [7, 11) is 1.70. The molecule has 1 saturated heterocycles. The zero-order chi connectivity index (χ0) is 21.3. The van der Waals surface area contributed by atoms with Crippen LogP contribution in [-0.4, -0.2) is 50.0 Å². The van der Waals surface area contributed by atoms with Gasteiger partial charge < -0.3 is 19.9 Å². The summed E-state index contributed by atoms with van der Waals surface area (Å²) >= 11 is 0. The monoisotopic (exact) mass is 406 g/mol. The zero-order valence-electron chi connectivity index (χ0n) is 17.4. The summed E-state index contributed by atoms with van der Waals surface area (Å²) in [6, 6.07) is 9.50. The van der Waals surface area contributed by atoms with Crippen molar-refractivity contribution in [1.29, 1.82) is 0 Å². The average molecular weight is 406 g/mol. The number of phenolic OH excluding ortho intramolecular Hbond substituents is 1. The molecule has 1 aromatic carbocycles. The quantitative estimate of drug-likeness (QED) is 0.670. The molecule has 156 valence electrons. The number of aromatic nitrogens is 4. The number of anilines is 1. The fourth-order valence-corrected chi connectivity index (χ4v) is 3.74. The number of benzene rings is 1. The highest BCUT2D eigenvalue weighted by atomic mass is 16.3. The lowest BCUT2D eigenvalue weighted by Crippen LogP contribution is -2.37. The van der Waals surface area contributed by atoms with Crippen LogP contribution in [-0.2, 0) is 7.05 Å². The van der Waals surface area contributed by atoms with Crippen molar-refractivity contribution in [2.24, 2.45) is 7.05 Å². The maximum atomic E-state index is 11.9. The fraction of sp³-hybridized carbons (Fsp3) is 0.364. The highest BCUT2D eigenvalue weighted by Crippen LogP contribution is 2.32. The number of aromatic hydroxyl groups is 1. The first-order valence-electron chi connectivity index (χ1n) is 10.1. The van der Waals surface area contributed by atoms with Gasteiger partial charge in [0.15, 0.2) is 0 Å². The third-order valence-corrected chi connectivity index (χ3v) is 5.30. The van der Waals surface area contributed by atoms with Gasteiger partial charge in [-0.25, -0.2) is 4.98 Å². The van der Waals surface area contributed by atoms with Gasteiger partial charge in [0.05, 0.1) is 6.20 Å². The van der Waals surface area contributed by atoms with Gasteiger partial charge in [-0.1, -0.05) is 19.9 Å². The summed E-state index contributed by atoms with van der Waals surface area (Å²) in [6.07, 6.45) is 4.39. The summed E-state index contributed by atoms with van der Waals surface area (Å²) in [6.45, 7) is 6.03. The third kappa shape index (κ3) is 4.18. The first-order valence-corrected chi connectivity index (χ1v) is 10.1. The molecule has 0 amide bonds. The first kappa shape index (κ1) is 20.0. The number of nitrogens with one attached hydrogen (secondary N) is 1. The van der Waals surface area contributed by atoms with Crippen LogP contribution in [0.1, 0.15) is 20.3 Å². The molecule has 0 saturated carbocycles. The fourth-order valence-electron chi connectivity index (χ4n) is 3.74. The summed E-state index contributed by atoms with van der Waals surface area (Å²) < 4.78 is 1.50. The smallest absolute Gasteiger partial charge is 0.250 e. The molecule has 1 fully saturated rings. The SMILES string of the molecule is CC(C)NC1CCN(c2ncc(-c3ccc(-c4ccn(C)c(=O)c4)cc3O)nn2)C1. The van der Waals surface area contributed by atoms with Crippen LogP contribution in [0.2, 0.25) is 0 Å². The maximum Gasteiger partial charge on any atom is 0.250 e. The van der Waals surface area contributed by atoms with Crippen LogP contribution in [0.25, 0.3) is 22.4 Å². The standard InChI is InChI=1S/C22H26N6O2/c1-14(2)24-17-7-9-28(13-17)22-23-12-19(25-26-22)18-5-4-15(10-20(18)29)16-6-8-27(3)21(30)11-16/h4-6,8,10-12,14,17,24,29H,7,9,13H2,1-3H3. The Balaban J connectivity index is 1.52. The summed E-state index contributed by atoms with van der Waals surface area (Å²) in [5.41, 5.74) is 2.46. The predicted octanol–water partition coefficient (Wildman–Crippen LogP) is 2.19. The Labute approximate surface area is 175 Å². The molecular formula is C22H26N6O2. The van der Waals surface area contributed by atoms with E-state index >= 15 is 0 Å². The van der Waals surface area contributed by atoms with Gasteiger partial charge in [-0.3, -0.25) is 4.79 Å². The molecule has 4 rings (SSSR count). The zero-order valence-corrected chi connectivity index (χ0v) is 17.4. The Morgan fingerprint density at radius 3 is 2.63 bits per heavy atom. The lowest BCUT2D eigenvalue weighted by Gasteiger charge is -2.18. The van der Waals surface area contributed by atoms with E-state index in [0.29, 0.717) is 29.3 Å². The number of pyridine rings is 1. The summed E-state index contributed by atoms with van der Waals surface area (Å²) in [4.78, 5) is 18.4. The first-order chi connectivity index (χ1) is 14.4. The van der Waals surface area contributed by atoms with Crippen molar-refractivity contribution < 1.29 is 5.11 Å². The minimum absolute atomic E-state index is 0.0689. The van der Waals surface area contributed by atoms with Crippen LogP contribution in [0.3, 0.4) is 0 Å². The number of hydrogen-bond acceptors (Lipinski definition) is 7. The highest BCUT2D eigenvalue weighted by Gasteiger charge is 2.25. The number of phenols is 1. The van der Waals surface area contributed by atoms with E-state index in [1.807, 2.05) is 12.1 Å². The van der Waals surface area contributed by atoms with Crippen molar-refractivity contribution in [3.8, 4) is 28.1 Å². The number of aryl methyl sites for hydroxylation is 1. The van der Waals surface area contributed by atoms with Gasteiger partial charge in [0.1, 0.15) is 11.4 Å². The summed E-state index contributed by atoms with van der Waals surface area (Å²) in [5, 5.41) is 22.6. The van der Waals surface area contributed by atoms with Crippen LogP contribution in [0, 0.1) is 0 Å². The molecule has 2 aromatic heterocycles. The van der Waals surface area contributed by atoms with Gasteiger partial charge >= 0.3 is 0 Å². The molecule has 1 aliphatic heterocycles. The van der Waals surface area contributed by atoms with Crippen LogP contribution in [0.4, 0.5) is 5.95 Å². The van der Waals surface area contributed by atoms with Crippen LogP contribution >= 0.6 is 0 Å². The second kappa shape index (κ2) is 8.23. The normalized spacial score (nSPS) is 16.4. The second-order valence-corrected chi connectivity index (χ2v) is 7.99. The van der Waals surface area contributed by atoms with Gasteiger partial charge in [0.25, 0.3) is 5.56 Å². The number of hydrogen-bond donors (Lipinski definition) is 2. The molecule has 30 heavy (non-hydrogen) atoms. The lowest BCUT2D eigenvalue weighted by molar-refractivity contribution is 0.477. The van der Waals surface area contributed by atoms with E-state index in [1.165, 1.54) is 4.57 Å². The van der Waals surface area contributed by atoms with E-state index in [4.69, 9.17) is 0 Å². The lowest BCUT2D eigenvalue weighted by atomic mass is 10.0. The van der Waals surface area contributed by atoms with Crippen LogP contribution < -0.4 is 15.8 Å². The Morgan fingerprint density at radius 2 is 1.97 bits per heavy atom. The molecule has 8 heteroatoms. The highest BCUT2D eigenvalue weighted by molar-refractivity contribution is 5.73. The Bertz CT molecular complexity index is 1090. The molecule has 3 heterocycles. The Kier molecular flexibility index (Phi) is 5.50. The third-order valence-electron chi connectivity index (χ3n) is 5.30. The molecular weight excluding hydrogens is 380 g/mol. The molecule has 1 unspecified atom stereocenters. The van der Waals surface area contributed by atoms with Crippen LogP contribution in [0.15, 0.2) is 47.5 Å². The van der Waals surface area contributed by atoms with Crippen LogP contribution in [0.5, 0.6) is 5.75 Å². The van der Waals surface area contributed by atoms with Crippen molar-refractivity contribution in [2.45, 2.75) is 32.4 Å². The van der Waals surface area contributed by atoms with Crippen molar-refractivity contribution in [3.63, 3.8) is 0 Å². The van der Waals surface area contributed by atoms with E-state index in [1.54, 1.807) is 37.6 Å². The maximum absolute atomic E-state index is 11.9. The topological polar surface area (TPSA) is 96.2 Å². The van der Waals surface area contributed by atoms with E-state index in [9.17, 15) is 9.90 Å². The van der Waals surface area contributed by atoms with E-state index in [2.05, 4.69) is 39.2 Å².